The van der Waals surface area contributed by atoms with Crippen LogP contribution < -0.4 is 15.6 Å². The van der Waals surface area contributed by atoms with E-state index in [0.29, 0.717) is 17.2 Å². The summed E-state index contributed by atoms with van der Waals surface area (Å²) < 4.78 is 8.14. The predicted octanol–water partition coefficient (Wildman–Crippen LogP) is 6.78. The first-order valence-corrected chi connectivity index (χ1v) is 16.9. The zero-order valence-electron chi connectivity index (χ0n) is 27.2. The Bertz CT molecular complexity index is 1800. The topological polar surface area (TPSA) is 92.6 Å². The van der Waals surface area contributed by atoms with Crippen LogP contribution in [-0.2, 0) is 4.79 Å². The Morgan fingerprint density at radius 1 is 0.935 bits per heavy atom. The summed E-state index contributed by atoms with van der Waals surface area (Å²) in [5.41, 5.74) is 5.26. The first kappa shape index (κ1) is 30.4. The van der Waals surface area contributed by atoms with Crippen molar-refractivity contribution < 1.29 is 9.53 Å². The Kier molecular flexibility index (Phi) is 8.51. The summed E-state index contributed by atoms with van der Waals surface area (Å²) in [6.45, 7) is 6.57. The highest BCUT2D eigenvalue weighted by molar-refractivity contribution is 5.83. The zero-order chi connectivity index (χ0) is 31.8. The standard InChI is InChI=1S/C37H44N6O3/c1-24-20-26(34-11-7-19-42(34)25(2)44)12-17-32(24)33-21-27-22-38-37(40-35(27)43(36(33)45)29-8-4-5-9-29)39-28-13-15-30(16-14-28)46-31-10-6-18-41(3)23-31/h12-17,20-22,29,31,34H,4-11,18-19,23H2,1-3H3,(H,38,39,40). The number of nitrogens with zero attached hydrogens (tertiary/aromatic N) is 5. The highest BCUT2D eigenvalue weighted by atomic mass is 16.5. The van der Waals surface area contributed by atoms with Crippen LogP contribution >= 0.6 is 0 Å². The van der Waals surface area contributed by atoms with Gasteiger partial charge in [-0.2, -0.15) is 4.98 Å². The Hall–Kier alpha value is -4.24. The molecular formula is C37H44N6O3. The molecule has 9 nitrogen and oxygen atoms in total. The van der Waals surface area contributed by atoms with Crippen LogP contribution in [0.3, 0.4) is 0 Å². The van der Waals surface area contributed by atoms with Gasteiger partial charge in [-0.15, -0.1) is 0 Å². The van der Waals surface area contributed by atoms with Gasteiger partial charge in [-0.25, -0.2) is 4.98 Å². The van der Waals surface area contributed by atoms with E-state index in [0.717, 1.165) is 105 Å². The maximum atomic E-state index is 14.3. The van der Waals surface area contributed by atoms with Crippen molar-refractivity contribution in [2.24, 2.45) is 0 Å². The summed E-state index contributed by atoms with van der Waals surface area (Å²) in [5, 5.41) is 4.18. The molecule has 0 radical (unpaired) electrons. The van der Waals surface area contributed by atoms with Crippen molar-refractivity contribution in [1.29, 1.82) is 0 Å². The molecular weight excluding hydrogens is 576 g/mol. The maximum absolute atomic E-state index is 14.3. The van der Waals surface area contributed by atoms with E-state index in [2.05, 4.69) is 47.4 Å². The molecule has 1 aliphatic carbocycles. The van der Waals surface area contributed by atoms with Gasteiger partial charge in [0.2, 0.25) is 11.9 Å². The van der Waals surface area contributed by atoms with E-state index in [1.54, 1.807) is 6.92 Å². The number of rotatable bonds is 7. The van der Waals surface area contributed by atoms with Gasteiger partial charge < -0.3 is 19.9 Å². The number of benzene rings is 2. The first-order valence-electron chi connectivity index (χ1n) is 16.9. The van der Waals surface area contributed by atoms with Crippen LogP contribution in [0.4, 0.5) is 11.6 Å². The molecule has 1 N–H and O–H groups in total. The minimum absolute atomic E-state index is 0.0130. The largest absolute Gasteiger partial charge is 0.489 e. The molecule has 9 heteroatoms. The van der Waals surface area contributed by atoms with Gasteiger partial charge in [0.05, 0.1) is 6.04 Å². The second-order valence-corrected chi connectivity index (χ2v) is 13.4. The molecule has 0 bridgehead atoms. The summed E-state index contributed by atoms with van der Waals surface area (Å²) >= 11 is 0. The molecule has 3 fully saturated rings. The van der Waals surface area contributed by atoms with Crippen LogP contribution in [0.1, 0.15) is 81.5 Å². The normalized spacial score (nSPS) is 20.8. The van der Waals surface area contributed by atoms with Gasteiger partial charge >= 0.3 is 0 Å². The number of hydrogen-bond donors (Lipinski definition) is 1. The van der Waals surface area contributed by atoms with Crippen molar-refractivity contribution in [1.82, 2.24) is 24.3 Å². The molecule has 2 saturated heterocycles. The van der Waals surface area contributed by atoms with E-state index in [1.807, 2.05) is 46.0 Å². The van der Waals surface area contributed by atoms with E-state index in [-0.39, 0.29) is 29.7 Å². The number of carbonyl (C=O) groups excluding carboxylic acids is 1. The van der Waals surface area contributed by atoms with E-state index >= 15 is 0 Å². The number of pyridine rings is 1. The van der Waals surface area contributed by atoms with E-state index in [9.17, 15) is 9.59 Å². The second kappa shape index (κ2) is 12.9. The molecule has 4 aromatic rings. The fourth-order valence-corrected chi connectivity index (χ4v) is 7.71. The van der Waals surface area contributed by atoms with Gasteiger partial charge in [-0.05, 0) is 106 Å². The summed E-state index contributed by atoms with van der Waals surface area (Å²) in [5.74, 6) is 1.43. The number of fused-ring (bicyclic) bond motifs is 1. The summed E-state index contributed by atoms with van der Waals surface area (Å²) in [6.07, 6.45) is 10.4. The Morgan fingerprint density at radius 2 is 1.72 bits per heavy atom. The van der Waals surface area contributed by atoms with Gasteiger partial charge in [-0.3, -0.25) is 14.2 Å². The molecule has 1 amide bonds. The maximum Gasteiger partial charge on any atom is 0.260 e. The monoisotopic (exact) mass is 620 g/mol. The van der Waals surface area contributed by atoms with Crippen LogP contribution in [0, 0.1) is 6.92 Å². The van der Waals surface area contributed by atoms with Gasteiger partial charge in [0.1, 0.15) is 17.5 Å². The molecule has 2 atom stereocenters. The third-order valence-corrected chi connectivity index (χ3v) is 10.0. The third-order valence-electron chi connectivity index (χ3n) is 10.0. The van der Waals surface area contributed by atoms with E-state index in [1.165, 1.54) is 0 Å². The predicted molar refractivity (Wildman–Crippen MR) is 182 cm³/mol. The average molecular weight is 621 g/mol. The highest BCUT2D eigenvalue weighted by Gasteiger charge is 2.29. The Labute approximate surface area is 270 Å². The lowest BCUT2D eigenvalue weighted by Gasteiger charge is -2.30. The van der Waals surface area contributed by atoms with Crippen LogP contribution in [0.2, 0.25) is 0 Å². The molecule has 2 unspecified atom stereocenters. The summed E-state index contributed by atoms with van der Waals surface area (Å²) in [7, 11) is 2.14. The lowest BCUT2D eigenvalue weighted by atomic mass is 9.95. The fourth-order valence-electron chi connectivity index (χ4n) is 7.71. The third kappa shape index (κ3) is 6.12. The molecule has 7 rings (SSSR count). The second-order valence-electron chi connectivity index (χ2n) is 13.4. The number of hydrogen-bond acceptors (Lipinski definition) is 7. The van der Waals surface area contributed by atoms with Crippen molar-refractivity contribution in [3.05, 3.63) is 76.2 Å². The number of anilines is 2. The number of nitrogens with one attached hydrogen (secondary N) is 1. The molecule has 1 saturated carbocycles. The molecule has 46 heavy (non-hydrogen) atoms. The smallest absolute Gasteiger partial charge is 0.260 e. The summed E-state index contributed by atoms with van der Waals surface area (Å²) in [4.78, 5) is 40.4. The van der Waals surface area contributed by atoms with Crippen molar-refractivity contribution in [3.8, 4) is 16.9 Å². The Morgan fingerprint density at radius 3 is 2.46 bits per heavy atom. The van der Waals surface area contributed by atoms with Gasteiger partial charge in [0.25, 0.3) is 5.56 Å². The molecule has 3 aliphatic rings. The number of piperidine rings is 1. The molecule has 240 valence electrons. The van der Waals surface area contributed by atoms with Gasteiger partial charge in [0, 0.05) is 48.9 Å². The molecule has 2 aromatic heterocycles. The lowest BCUT2D eigenvalue weighted by molar-refractivity contribution is -0.129. The fraction of sp³-hybridized carbons (Fsp3) is 0.459. The molecule has 0 spiro atoms. The number of likely N-dealkylation sites (tertiary alicyclic amines) is 2. The number of amides is 1. The Balaban J connectivity index is 1.18. The number of aryl methyl sites for hydroxylation is 1. The minimum atomic E-state index is -0.0130. The van der Waals surface area contributed by atoms with Crippen LogP contribution in [0.15, 0.2) is 59.5 Å². The lowest BCUT2D eigenvalue weighted by Crippen LogP contribution is -2.38. The summed E-state index contributed by atoms with van der Waals surface area (Å²) in [6, 6.07) is 16.4. The van der Waals surface area contributed by atoms with Crippen LogP contribution in [0.5, 0.6) is 5.75 Å². The first-order chi connectivity index (χ1) is 22.3. The number of aromatic nitrogens is 3. The van der Waals surface area contributed by atoms with E-state index in [4.69, 9.17) is 9.72 Å². The van der Waals surface area contributed by atoms with Crippen molar-refractivity contribution in [2.45, 2.75) is 83.4 Å². The number of ether oxygens (including phenoxy) is 1. The van der Waals surface area contributed by atoms with Crippen LogP contribution in [-0.4, -0.2) is 63.0 Å². The van der Waals surface area contributed by atoms with Crippen LogP contribution in [0.25, 0.3) is 22.2 Å². The molecule has 2 aliphatic heterocycles. The minimum Gasteiger partial charge on any atom is -0.489 e. The number of carbonyl (C=O) groups is 1. The van der Waals surface area contributed by atoms with Crippen molar-refractivity contribution in [2.75, 3.05) is 32.0 Å². The number of likely N-dealkylation sites (N-methyl/N-ethyl adjacent to an activating group) is 1. The van der Waals surface area contributed by atoms with Gasteiger partial charge in [-0.1, -0.05) is 31.0 Å². The molecule has 2 aromatic carbocycles. The molecule has 4 heterocycles. The average Bonchev–Trinajstić information content (AvgIpc) is 3.75. The van der Waals surface area contributed by atoms with Gasteiger partial charge in [0.15, 0.2) is 0 Å². The van der Waals surface area contributed by atoms with E-state index < -0.39 is 0 Å². The SMILES string of the molecule is CC(=O)N1CCCC1c1ccc(-c2cc3cnc(Nc4ccc(OC5CCCN(C)C5)cc4)nc3n(C3CCCC3)c2=O)c(C)c1. The quantitative estimate of drug-likeness (QED) is 0.243. The van der Waals surface area contributed by atoms with Crippen molar-refractivity contribution >= 4 is 28.6 Å². The van der Waals surface area contributed by atoms with Crippen molar-refractivity contribution in [3.63, 3.8) is 0 Å². The highest BCUT2D eigenvalue weighted by Crippen LogP contribution is 2.36. The zero-order valence-corrected chi connectivity index (χ0v) is 27.2.